The van der Waals surface area contributed by atoms with Gasteiger partial charge in [-0.1, -0.05) is 0 Å². The van der Waals surface area contributed by atoms with E-state index in [2.05, 4.69) is 5.10 Å². The van der Waals surface area contributed by atoms with Gasteiger partial charge in [-0.05, 0) is 24.6 Å². The van der Waals surface area contributed by atoms with Gasteiger partial charge in [0.2, 0.25) is 5.91 Å². The molecule has 1 N–H and O–H groups in total. The summed E-state index contributed by atoms with van der Waals surface area (Å²) in [6.45, 7) is 0.0101. The molecule has 2 amide bonds. The second-order valence-corrected chi connectivity index (χ2v) is 5.99. The third kappa shape index (κ3) is 3.01. The third-order valence-electron chi connectivity index (χ3n) is 4.31. The summed E-state index contributed by atoms with van der Waals surface area (Å²) in [6.07, 6.45) is -0.359. The zero-order valence-electron chi connectivity index (χ0n) is 13.1. The Kier molecular flexibility index (Phi) is 4.31. The number of aliphatic hydroxyl groups excluding tert-OH is 1. The van der Waals surface area contributed by atoms with Crippen molar-refractivity contribution < 1.29 is 23.5 Å². The van der Waals surface area contributed by atoms with Crippen molar-refractivity contribution in [2.75, 3.05) is 13.6 Å². The Balaban J connectivity index is 1.91. The van der Waals surface area contributed by atoms with E-state index < -0.39 is 29.7 Å². The van der Waals surface area contributed by atoms with Crippen molar-refractivity contribution in [3.63, 3.8) is 0 Å². The summed E-state index contributed by atoms with van der Waals surface area (Å²) in [7, 11) is 1.46. The Morgan fingerprint density at radius 3 is 2.79 bits per heavy atom. The van der Waals surface area contributed by atoms with Crippen LogP contribution in [0.25, 0.3) is 0 Å². The summed E-state index contributed by atoms with van der Waals surface area (Å²) >= 11 is 0. The molecule has 0 bridgehead atoms. The van der Waals surface area contributed by atoms with Crippen molar-refractivity contribution in [3.8, 4) is 0 Å². The Morgan fingerprint density at radius 2 is 2.08 bits per heavy atom. The highest BCUT2D eigenvalue weighted by atomic mass is 19.1. The molecular formula is C16H17F2N3O3. The van der Waals surface area contributed by atoms with Crippen LogP contribution >= 0.6 is 0 Å². The fraction of sp³-hybridized carbons (Fsp3) is 0.438. The number of rotatable bonds is 2. The summed E-state index contributed by atoms with van der Waals surface area (Å²) in [5.41, 5.74) is 0.203. The van der Waals surface area contributed by atoms with E-state index in [1.807, 2.05) is 0 Å². The lowest BCUT2D eigenvalue weighted by atomic mass is 10.0. The number of β-amino-alcohol motifs (C(OH)–C–C–N with tert-alkyl or cyclic N) is 1. The van der Waals surface area contributed by atoms with Crippen LogP contribution in [0.2, 0.25) is 0 Å². The molecule has 2 atom stereocenters. The minimum absolute atomic E-state index is 0.0101. The van der Waals surface area contributed by atoms with E-state index in [9.17, 15) is 23.5 Å². The van der Waals surface area contributed by atoms with Gasteiger partial charge >= 0.3 is 0 Å². The van der Waals surface area contributed by atoms with Gasteiger partial charge in [-0.25, -0.2) is 13.8 Å². The number of halogens is 2. The van der Waals surface area contributed by atoms with Crippen LogP contribution in [0.4, 0.5) is 8.78 Å². The minimum Gasteiger partial charge on any atom is -0.391 e. The first-order chi connectivity index (χ1) is 11.4. The lowest BCUT2D eigenvalue weighted by molar-refractivity contribution is -0.130. The molecule has 1 fully saturated rings. The van der Waals surface area contributed by atoms with Gasteiger partial charge in [0.05, 0.1) is 12.1 Å². The molecule has 0 aromatic heterocycles. The maximum Gasteiger partial charge on any atom is 0.270 e. The molecule has 24 heavy (non-hydrogen) atoms. The standard InChI is InChI=1S/C16H17F2N3O3/c1-20-15(23)5-4-13(19-20)16(24)21-8-10(22)7-14(21)11-6-9(17)2-3-12(11)18/h2-3,6,10,14,22H,4-5,7-8H2,1H3/t10-,14-/m0/s1. The number of amides is 2. The van der Waals surface area contributed by atoms with Crippen molar-refractivity contribution in [2.24, 2.45) is 5.10 Å². The molecule has 0 saturated carbocycles. The van der Waals surface area contributed by atoms with E-state index in [0.29, 0.717) is 0 Å². The second kappa shape index (κ2) is 6.27. The predicted octanol–water partition coefficient (Wildman–Crippen LogP) is 1.21. The monoisotopic (exact) mass is 337 g/mol. The SMILES string of the molecule is CN1N=C(C(=O)N2C[C@@H](O)C[C@H]2c2cc(F)ccc2F)CCC1=O. The van der Waals surface area contributed by atoms with Crippen LogP contribution < -0.4 is 0 Å². The Morgan fingerprint density at radius 1 is 1.33 bits per heavy atom. The number of benzene rings is 1. The van der Waals surface area contributed by atoms with Gasteiger partial charge in [0.15, 0.2) is 0 Å². The molecule has 0 radical (unpaired) electrons. The number of aliphatic hydroxyl groups is 1. The van der Waals surface area contributed by atoms with Crippen molar-refractivity contribution in [1.82, 2.24) is 9.91 Å². The first-order valence-electron chi connectivity index (χ1n) is 7.65. The molecule has 0 spiro atoms. The van der Waals surface area contributed by atoms with E-state index in [1.54, 1.807) is 0 Å². The van der Waals surface area contributed by atoms with Crippen LogP contribution in [0, 0.1) is 11.6 Å². The molecule has 1 aromatic rings. The molecule has 2 aliphatic rings. The summed E-state index contributed by atoms with van der Waals surface area (Å²) in [4.78, 5) is 25.5. The van der Waals surface area contributed by atoms with Gasteiger partial charge in [-0.15, -0.1) is 0 Å². The summed E-state index contributed by atoms with van der Waals surface area (Å²) in [5, 5.41) is 15.0. The van der Waals surface area contributed by atoms with Crippen molar-refractivity contribution >= 4 is 17.5 Å². The maximum atomic E-state index is 14.1. The van der Waals surface area contributed by atoms with E-state index >= 15 is 0 Å². The smallest absolute Gasteiger partial charge is 0.270 e. The number of carbonyl (C=O) groups excluding carboxylic acids is 2. The fourth-order valence-corrected chi connectivity index (χ4v) is 3.09. The topological polar surface area (TPSA) is 73.2 Å². The Bertz CT molecular complexity index is 723. The van der Waals surface area contributed by atoms with Gasteiger partial charge in [0.1, 0.15) is 17.3 Å². The van der Waals surface area contributed by atoms with Crippen LogP contribution in [-0.2, 0) is 9.59 Å². The van der Waals surface area contributed by atoms with Crippen LogP contribution in [-0.4, -0.2) is 52.2 Å². The molecule has 0 unspecified atom stereocenters. The van der Waals surface area contributed by atoms with Crippen LogP contribution in [0.15, 0.2) is 23.3 Å². The Hall–Kier alpha value is -2.35. The lowest BCUT2D eigenvalue weighted by Crippen LogP contribution is -2.41. The number of carbonyl (C=O) groups is 2. The van der Waals surface area contributed by atoms with Crippen LogP contribution in [0.3, 0.4) is 0 Å². The molecule has 1 saturated heterocycles. The summed E-state index contributed by atoms with van der Waals surface area (Å²) < 4.78 is 27.5. The first kappa shape index (κ1) is 16.5. The van der Waals surface area contributed by atoms with Crippen LogP contribution in [0.1, 0.15) is 30.9 Å². The third-order valence-corrected chi connectivity index (χ3v) is 4.31. The zero-order valence-corrected chi connectivity index (χ0v) is 13.1. The maximum absolute atomic E-state index is 14.1. The van der Waals surface area contributed by atoms with Gasteiger partial charge in [0.25, 0.3) is 5.91 Å². The van der Waals surface area contributed by atoms with E-state index in [1.165, 1.54) is 11.9 Å². The molecule has 6 nitrogen and oxygen atoms in total. The summed E-state index contributed by atoms with van der Waals surface area (Å²) in [5.74, 6) is -1.91. The average molecular weight is 337 g/mol. The largest absolute Gasteiger partial charge is 0.391 e. The molecular weight excluding hydrogens is 320 g/mol. The van der Waals surface area contributed by atoms with E-state index in [0.717, 1.165) is 23.2 Å². The van der Waals surface area contributed by atoms with Crippen LogP contribution in [0.5, 0.6) is 0 Å². The van der Waals surface area contributed by atoms with E-state index in [-0.39, 0.29) is 43.0 Å². The van der Waals surface area contributed by atoms with Gasteiger partial charge < -0.3 is 10.0 Å². The number of hydrogen-bond acceptors (Lipinski definition) is 4. The highest BCUT2D eigenvalue weighted by molar-refractivity contribution is 6.39. The number of hydrogen-bond donors (Lipinski definition) is 1. The van der Waals surface area contributed by atoms with Gasteiger partial charge in [-0.3, -0.25) is 9.59 Å². The molecule has 2 heterocycles. The predicted molar refractivity (Wildman–Crippen MR) is 80.9 cm³/mol. The second-order valence-electron chi connectivity index (χ2n) is 5.99. The normalized spacial score (nSPS) is 24.3. The highest BCUT2D eigenvalue weighted by Gasteiger charge is 2.39. The number of likely N-dealkylation sites (tertiary alicyclic amines) is 1. The highest BCUT2D eigenvalue weighted by Crippen LogP contribution is 2.34. The van der Waals surface area contributed by atoms with E-state index in [4.69, 9.17) is 0 Å². The average Bonchev–Trinajstić information content (AvgIpc) is 2.93. The molecule has 2 aliphatic heterocycles. The van der Waals surface area contributed by atoms with Gasteiger partial charge in [0, 0.05) is 32.0 Å². The molecule has 0 aliphatic carbocycles. The van der Waals surface area contributed by atoms with Gasteiger partial charge in [-0.2, -0.15) is 5.10 Å². The first-order valence-corrected chi connectivity index (χ1v) is 7.65. The molecule has 8 heteroatoms. The minimum atomic E-state index is -0.829. The molecule has 3 rings (SSSR count). The summed E-state index contributed by atoms with van der Waals surface area (Å²) in [6, 6.07) is 2.27. The quantitative estimate of drug-likeness (QED) is 0.881. The van der Waals surface area contributed by atoms with Crippen molar-refractivity contribution in [3.05, 3.63) is 35.4 Å². The fourth-order valence-electron chi connectivity index (χ4n) is 3.09. The zero-order chi connectivity index (χ0) is 17.4. The number of hydrazone groups is 1. The Labute approximate surface area is 137 Å². The number of nitrogens with zero attached hydrogens (tertiary/aromatic N) is 3. The molecule has 1 aromatic carbocycles. The van der Waals surface area contributed by atoms with Crippen molar-refractivity contribution in [1.29, 1.82) is 0 Å². The van der Waals surface area contributed by atoms with Crippen molar-refractivity contribution in [2.45, 2.75) is 31.4 Å². The lowest BCUT2D eigenvalue weighted by Gasteiger charge is -2.27. The molecule has 128 valence electrons.